The molecule has 0 fully saturated rings. The van der Waals surface area contributed by atoms with Gasteiger partial charge in [-0.3, -0.25) is 4.98 Å². The molecule has 0 saturated carbocycles. The van der Waals surface area contributed by atoms with Crippen molar-refractivity contribution in [3.05, 3.63) is 187 Å². The average molecular weight is 702 g/mol. The van der Waals surface area contributed by atoms with Crippen molar-refractivity contribution in [2.75, 3.05) is 0 Å². The van der Waals surface area contributed by atoms with Crippen molar-refractivity contribution in [3.63, 3.8) is 0 Å². The molecule has 55 heavy (non-hydrogen) atoms. The summed E-state index contributed by atoms with van der Waals surface area (Å²) in [5, 5.41) is 5.84. The number of benzene rings is 7. The molecule has 11 rings (SSSR count). The van der Waals surface area contributed by atoms with E-state index in [4.69, 9.17) is 15.0 Å². The molecule has 0 radical (unpaired) electrons. The second kappa shape index (κ2) is 12.0. The molecule has 3 heteroatoms. The van der Waals surface area contributed by atoms with Crippen molar-refractivity contribution < 1.29 is 0 Å². The lowest BCUT2D eigenvalue weighted by Crippen LogP contribution is -2.16. The average Bonchev–Trinajstić information content (AvgIpc) is 3.48. The van der Waals surface area contributed by atoms with E-state index in [1.165, 1.54) is 55.1 Å². The Morgan fingerprint density at radius 2 is 1.20 bits per heavy atom. The molecular weight excluding hydrogens is 667 g/mol. The fourth-order valence-electron chi connectivity index (χ4n) is 9.02. The van der Waals surface area contributed by atoms with E-state index in [1.807, 2.05) is 18.3 Å². The van der Waals surface area contributed by atoms with Gasteiger partial charge in [0.05, 0.1) is 27.9 Å². The highest BCUT2D eigenvalue weighted by atomic mass is 14.8. The predicted molar refractivity (Wildman–Crippen MR) is 229 cm³/mol. The van der Waals surface area contributed by atoms with Crippen LogP contribution < -0.4 is 0 Å². The SMILES string of the molecule is CC1(C)c2ccccc2-c2nc3ccc4ccccc4c3c(-c3ccc(-c4cccc(-c5cc6cccnc6c6nc(-c7ccccc7)ccc56)c4)cc3)c21. The smallest absolute Gasteiger partial charge is 0.0978 e. The van der Waals surface area contributed by atoms with Gasteiger partial charge in [0, 0.05) is 38.9 Å². The highest BCUT2D eigenvalue weighted by Gasteiger charge is 2.39. The minimum Gasteiger partial charge on any atom is -0.254 e. The molecule has 258 valence electrons. The van der Waals surface area contributed by atoms with Crippen LogP contribution in [0.5, 0.6) is 0 Å². The van der Waals surface area contributed by atoms with E-state index in [0.29, 0.717) is 0 Å². The van der Waals surface area contributed by atoms with Gasteiger partial charge in [0.1, 0.15) is 0 Å². The van der Waals surface area contributed by atoms with Gasteiger partial charge in [-0.15, -0.1) is 0 Å². The topological polar surface area (TPSA) is 38.7 Å². The maximum absolute atomic E-state index is 5.38. The van der Waals surface area contributed by atoms with Gasteiger partial charge in [-0.2, -0.15) is 0 Å². The van der Waals surface area contributed by atoms with Crippen LogP contribution in [0.1, 0.15) is 25.0 Å². The summed E-state index contributed by atoms with van der Waals surface area (Å²) in [6.07, 6.45) is 1.86. The Balaban J connectivity index is 1.06. The van der Waals surface area contributed by atoms with Gasteiger partial charge in [0.2, 0.25) is 0 Å². The Morgan fingerprint density at radius 3 is 2.09 bits per heavy atom. The summed E-state index contributed by atoms with van der Waals surface area (Å²) in [4.78, 5) is 15.4. The molecule has 3 nitrogen and oxygen atoms in total. The van der Waals surface area contributed by atoms with Crippen LogP contribution in [-0.2, 0) is 5.41 Å². The highest BCUT2D eigenvalue weighted by molar-refractivity contribution is 6.16. The molecule has 0 saturated heterocycles. The first-order valence-electron chi connectivity index (χ1n) is 18.9. The largest absolute Gasteiger partial charge is 0.254 e. The van der Waals surface area contributed by atoms with Crippen molar-refractivity contribution in [1.82, 2.24) is 15.0 Å². The van der Waals surface area contributed by atoms with E-state index in [0.717, 1.165) is 55.4 Å². The summed E-state index contributed by atoms with van der Waals surface area (Å²) in [5.41, 5.74) is 16.8. The van der Waals surface area contributed by atoms with Crippen LogP contribution >= 0.6 is 0 Å². The molecule has 10 aromatic rings. The molecule has 3 heterocycles. The minimum absolute atomic E-state index is 0.207. The molecule has 0 N–H and O–H groups in total. The third kappa shape index (κ3) is 4.86. The molecule has 0 amide bonds. The van der Waals surface area contributed by atoms with Crippen LogP contribution in [0.25, 0.3) is 99.4 Å². The van der Waals surface area contributed by atoms with Crippen LogP contribution in [0.2, 0.25) is 0 Å². The van der Waals surface area contributed by atoms with Gasteiger partial charge >= 0.3 is 0 Å². The first-order valence-corrected chi connectivity index (χ1v) is 18.9. The quantitative estimate of drug-likeness (QED) is 0.171. The van der Waals surface area contributed by atoms with Crippen molar-refractivity contribution in [2.24, 2.45) is 0 Å². The van der Waals surface area contributed by atoms with Gasteiger partial charge < -0.3 is 0 Å². The number of rotatable bonds is 4. The maximum atomic E-state index is 5.38. The van der Waals surface area contributed by atoms with Gasteiger partial charge in [0.25, 0.3) is 0 Å². The lowest BCUT2D eigenvalue weighted by Gasteiger charge is -2.25. The van der Waals surface area contributed by atoms with Crippen LogP contribution in [0.4, 0.5) is 0 Å². The number of nitrogens with zero attached hydrogens (tertiary/aromatic N) is 3. The van der Waals surface area contributed by atoms with E-state index < -0.39 is 0 Å². The van der Waals surface area contributed by atoms with Gasteiger partial charge in [-0.1, -0.05) is 147 Å². The van der Waals surface area contributed by atoms with Crippen molar-refractivity contribution >= 4 is 43.5 Å². The van der Waals surface area contributed by atoms with Crippen LogP contribution in [0.15, 0.2) is 176 Å². The molecule has 1 aliphatic carbocycles. The number of hydrogen-bond donors (Lipinski definition) is 0. The zero-order chi connectivity index (χ0) is 36.7. The monoisotopic (exact) mass is 701 g/mol. The molecule has 3 aromatic heterocycles. The van der Waals surface area contributed by atoms with E-state index >= 15 is 0 Å². The number of hydrogen-bond acceptors (Lipinski definition) is 3. The number of aromatic nitrogens is 3. The van der Waals surface area contributed by atoms with Gasteiger partial charge in [0.15, 0.2) is 0 Å². The highest BCUT2D eigenvalue weighted by Crippen LogP contribution is 2.54. The normalized spacial score (nSPS) is 13.1. The summed E-state index contributed by atoms with van der Waals surface area (Å²) in [5.74, 6) is 0. The standard InChI is InChI=1S/C52H35N3/c1-52(2)43-20-9-8-19-41(43)50-48(52)46(47-39-18-7-6-12-33(39)25-27-45(47)55-50)35-23-21-32(22-24-35)36-15-10-16-37(30-36)42-31-38-17-11-29-53-49(38)51-40(42)26-28-44(54-51)34-13-4-3-5-14-34/h3-31H,1-2H3. The van der Waals surface area contributed by atoms with E-state index in [9.17, 15) is 0 Å². The Bertz CT molecular complexity index is 3160. The molecule has 0 aliphatic heterocycles. The Labute approximate surface area is 319 Å². The van der Waals surface area contributed by atoms with Crippen molar-refractivity contribution in [1.29, 1.82) is 0 Å². The first-order chi connectivity index (χ1) is 27.0. The number of pyridine rings is 3. The van der Waals surface area contributed by atoms with Crippen LogP contribution in [0, 0.1) is 0 Å². The predicted octanol–water partition coefficient (Wildman–Crippen LogP) is 13.5. The summed E-state index contributed by atoms with van der Waals surface area (Å²) in [6.45, 7) is 4.70. The second-order valence-corrected chi connectivity index (χ2v) is 15.2. The summed E-state index contributed by atoms with van der Waals surface area (Å²) < 4.78 is 0. The molecule has 0 atom stereocenters. The minimum atomic E-state index is -0.207. The molecule has 7 aromatic carbocycles. The zero-order valence-corrected chi connectivity index (χ0v) is 30.6. The Hall–Kier alpha value is -6.97. The summed E-state index contributed by atoms with van der Waals surface area (Å²) >= 11 is 0. The Kier molecular flexibility index (Phi) is 6.90. The second-order valence-electron chi connectivity index (χ2n) is 15.2. The summed E-state index contributed by atoms with van der Waals surface area (Å²) in [7, 11) is 0. The first kappa shape index (κ1) is 31.5. The summed E-state index contributed by atoms with van der Waals surface area (Å²) in [6, 6.07) is 61.1. The maximum Gasteiger partial charge on any atom is 0.0978 e. The fourth-order valence-corrected chi connectivity index (χ4v) is 9.02. The van der Waals surface area contributed by atoms with Crippen molar-refractivity contribution in [2.45, 2.75) is 19.3 Å². The van der Waals surface area contributed by atoms with Crippen LogP contribution in [-0.4, -0.2) is 15.0 Å². The van der Waals surface area contributed by atoms with Gasteiger partial charge in [-0.05, 0) is 91.7 Å². The van der Waals surface area contributed by atoms with Crippen LogP contribution in [0.3, 0.4) is 0 Å². The molecule has 0 unspecified atom stereocenters. The Morgan fingerprint density at radius 1 is 0.455 bits per heavy atom. The molecule has 1 aliphatic rings. The third-order valence-corrected chi connectivity index (χ3v) is 11.7. The zero-order valence-electron chi connectivity index (χ0n) is 30.6. The van der Waals surface area contributed by atoms with E-state index in [1.54, 1.807) is 0 Å². The fraction of sp³-hybridized carbons (Fsp3) is 0.0577. The van der Waals surface area contributed by atoms with Gasteiger partial charge in [-0.25, -0.2) is 9.97 Å². The molecule has 0 bridgehead atoms. The van der Waals surface area contributed by atoms with Crippen molar-refractivity contribution in [3.8, 4) is 55.9 Å². The third-order valence-electron chi connectivity index (χ3n) is 11.7. The lowest BCUT2D eigenvalue weighted by atomic mass is 9.78. The van der Waals surface area contributed by atoms with E-state index in [2.05, 4.69) is 172 Å². The molecular formula is C52H35N3. The number of fused-ring (bicyclic) bond motifs is 9. The molecule has 0 spiro atoms. The van der Waals surface area contributed by atoms with E-state index in [-0.39, 0.29) is 5.41 Å². The lowest BCUT2D eigenvalue weighted by molar-refractivity contribution is 0.662.